The standard InChI is InChI=1S/C16H30N4O/c1-4-15(3)17-14-16(5-2)6-8-19-10-12-20(13-11-19)9-7-18-21/h14H,4-13H2,1-3H3/b16-14+,17-15+. The van der Waals surface area contributed by atoms with Gasteiger partial charge in [-0.25, -0.2) is 0 Å². The highest BCUT2D eigenvalue weighted by Crippen LogP contribution is 2.10. The molecule has 0 spiro atoms. The minimum atomic E-state index is 0.414. The lowest BCUT2D eigenvalue weighted by Gasteiger charge is -2.34. The fourth-order valence-corrected chi connectivity index (χ4v) is 2.35. The predicted molar refractivity (Wildman–Crippen MR) is 89.9 cm³/mol. The molecule has 1 fully saturated rings. The topological polar surface area (TPSA) is 48.3 Å². The molecule has 5 nitrogen and oxygen atoms in total. The third-order valence-corrected chi connectivity index (χ3v) is 4.15. The number of rotatable bonds is 9. The predicted octanol–water partition coefficient (Wildman–Crippen LogP) is 2.93. The Bertz CT molecular complexity index is 357. The Balaban J connectivity index is 2.30. The molecule has 0 N–H and O–H groups in total. The monoisotopic (exact) mass is 294 g/mol. The number of piperazine rings is 1. The van der Waals surface area contributed by atoms with E-state index in [0.29, 0.717) is 6.54 Å². The molecule has 0 radical (unpaired) electrons. The molecule has 0 bridgehead atoms. The Hall–Kier alpha value is -1.07. The fraction of sp³-hybridized carbons (Fsp3) is 0.812. The van der Waals surface area contributed by atoms with Crippen molar-refractivity contribution < 1.29 is 0 Å². The Morgan fingerprint density at radius 1 is 1.05 bits per heavy atom. The van der Waals surface area contributed by atoms with Crippen molar-refractivity contribution >= 4 is 5.71 Å². The number of aliphatic imine (C=N–C) groups is 1. The minimum absolute atomic E-state index is 0.414. The molecule has 0 aromatic rings. The van der Waals surface area contributed by atoms with E-state index in [1.807, 2.05) is 0 Å². The zero-order valence-corrected chi connectivity index (χ0v) is 13.8. The van der Waals surface area contributed by atoms with E-state index in [0.717, 1.165) is 58.5 Å². The summed E-state index contributed by atoms with van der Waals surface area (Å²) in [4.78, 5) is 19.5. The maximum atomic E-state index is 10.1. The maximum Gasteiger partial charge on any atom is 0.0938 e. The summed E-state index contributed by atoms with van der Waals surface area (Å²) in [5.74, 6) is 0. The average molecular weight is 294 g/mol. The van der Waals surface area contributed by atoms with Crippen molar-refractivity contribution in [2.45, 2.75) is 40.0 Å². The molecular formula is C16H30N4O. The fourth-order valence-electron chi connectivity index (χ4n) is 2.35. The molecule has 0 atom stereocenters. The third-order valence-electron chi connectivity index (χ3n) is 4.15. The normalized spacial score (nSPS) is 19.0. The van der Waals surface area contributed by atoms with E-state index in [1.165, 1.54) is 11.3 Å². The van der Waals surface area contributed by atoms with Crippen LogP contribution in [0.25, 0.3) is 0 Å². The Labute approximate surface area is 129 Å². The van der Waals surface area contributed by atoms with Gasteiger partial charge in [-0.3, -0.25) is 9.89 Å². The summed E-state index contributed by atoms with van der Waals surface area (Å²) in [7, 11) is 0. The van der Waals surface area contributed by atoms with Gasteiger partial charge < -0.3 is 4.90 Å². The van der Waals surface area contributed by atoms with E-state index in [9.17, 15) is 4.91 Å². The molecular weight excluding hydrogens is 264 g/mol. The molecule has 0 aliphatic carbocycles. The summed E-state index contributed by atoms with van der Waals surface area (Å²) in [5, 5.41) is 2.94. The van der Waals surface area contributed by atoms with Gasteiger partial charge in [0.25, 0.3) is 0 Å². The summed E-state index contributed by atoms with van der Waals surface area (Å²) in [6.07, 6.45) is 5.26. The lowest BCUT2D eigenvalue weighted by atomic mass is 10.1. The highest BCUT2D eigenvalue weighted by atomic mass is 16.3. The maximum absolute atomic E-state index is 10.1. The molecule has 21 heavy (non-hydrogen) atoms. The lowest BCUT2D eigenvalue weighted by Crippen LogP contribution is -2.47. The van der Waals surface area contributed by atoms with Gasteiger partial charge in [0.2, 0.25) is 0 Å². The van der Waals surface area contributed by atoms with E-state index >= 15 is 0 Å². The van der Waals surface area contributed by atoms with Crippen molar-refractivity contribution in [1.29, 1.82) is 0 Å². The van der Waals surface area contributed by atoms with E-state index in [-0.39, 0.29) is 0 Å². The average Bonchev–Trinajstić information content (AvgIpc) is 2.53. The van der Waals surface area contributed by atoms with Crippen LogP contribution in [0, 0.1) is 4.91 Å². The molecule has 5 heteroatoms. The summed E-state index contributed by atoms with van der Waals surface area (Å²) in [6.45, 7) is 13.0. The summed E-state index contributed by atoms with van der Waals surface area (Å²) < 4.78 is 0. The van der Waals surface area contributed by atoms with Gasteiger partial charge in [0.15, 0.2) is 0 Å². The second kappa shape index (κ2) is 10.6. The van der Waals surface area contributed by atoms with Crippen LogP contribution in [0.3, 0.4) is 0 Å². The quantitative estimate of drug-likeness (QED) is 0.485. The van der Waals surface area contributed by atoms with Gasteiger partial charge >= 0.3 is 0 Å². The van der Waals surface area contributed by atoms with Crippen LogP contribution in [0.2, 0.25) is 0 Å². The number of nitroso groups, excluding NO2 is 1. The van der Waals surface area contributed by atoms with Crippen LogP contribution in [0.5, 0.6) is 0 Å². The van der Waals surface area contributed by atoms with Gasteiger partial charge in [0.05, 0.1) is 6.54 Å². The van der Waals surface area contributed by atoms with Crippen LogP contribution in [0.1, 0.15) is 40.0 Å². The van der Waals surface area contributed by atoms with Gasteiger partial charge in [-0.2, -0.15) is 4.91 Å². The zero-order chi connectivity index (χ0) is 15.5. The zero-order valence-electron chi connectivity index (χ0n) is 13.8. The van der Waals surface area contributed by atoms with E-state index < -0.39 is 0 Å². The largest absolute Gasteiger partial charge is 0.300 e. The molecule has 1 aliphatic heterocycles. The molecule has 1 saturated heterocycles. The first-order chi connectivity index (χ1) is 10.2. The number of nitrogens with zero attached hydrogens (tertiary/aromatic N) is 4. The van der Waals surface area contributed by atoms with Crippen molar-refractivity contribution in [3.63, 3.8) is 0 Å². The van der Waals surface area contributed by atoms with Gasteiger partial charge in [0, 0.05) is 51.2 Å². The van der Waals surface area contributed by atoms with Gasteiger partial charge in [-0.1, -0.05) is 24.6 Å². The van der Waals surface area contributed by atoms with Crippen LogP contribution < -0.4 is 0 Å². The molecule has 1 aliphatic rings. The second-order valence-corrected chi connectivity index (χ2v) is 5.64. The first-order valence-corrected chi connectivity index (χ1v) is 8.14. The number of hydrogen-bond donors (Lipinski definition) is 0. The van der Waals surface area contributed by atoms with Crippen molar-refractivity contribution in [1.82, 2.24) is 9.80 Å². The van der Waals surface area contributed by atoms with E-state index in [2.05, 4.69) is 46.9 Å². The van der Waals surface area contributed by atoms with Crippen molar-refractivity contribution in [3.05, 3.63) is 16.7 Å². The third kappa shape index (κ3) is 7.48. The molecule has 0 aromatic carbocycles. The molecule has 1 heterocycles. The van der Waals surface area contributed by atoms with E-state index in [1.54, 1.807) is 0 Å². The molecule has 120 valence electrons. The van der Waals surface area contributed by atoms with Crippen LogP contribution in [0.4, 0.5) is 0 Å². The summed E-state index contributed by atoms with van der Waals surface area (Å²) in [6, 6.07) is 0. The van der Waals surface area contributed by atoms with Gasteiger partial charge in [0.1, 0.15) is 0 Å². The van der Waals surface area contributed by atoms with Gasteiger partial charge in [-0.15, -0.1) is 0 Å². The minimum Gasteiger partial charge on any atom is -0.300 e. The first kappa shape index (κ1) is 18.0. The molecule has 0 unspecified atom stereocenters. The molecule has 0 aromatic heterocycles. The van der Waals surface area contributed by atoms with Crippen LogP contribution >= 0.6 is 0 Å². The number of hydrogen-bond acceptors (Lipinski definition) is 5. The SMILES string of the molecule is CC/C(=C\N=C(/C)CC)CCN1CCN(CCN=O)CC1. The highest BCUT2D eigenvalue weighted by molar-refractivity contribution is 5.82. The van der Waals surface area contributed by atoms with Crippen molar-refractivity contribution in [2.75, 3.05) is 45.8 Å². The Morgan fingerprint density at radius 2 is 1.67 bits per heavy atom. The Kier molecular flexibility index (Phi) is 9.10. The Morgan fingerprint density at radius 3 is 2.19 bits per heavy atom. The van der Waals surface area contributed by atoms with Crippen molar-refractivity contribution in [3.8, 4) is 0 Å². The highest BCUT2D eigenvalue weighted by Gasteiger charge is 2.16. The molecule has 0 saturated carbocycles. The van der Waals surface area contributed by atoms with Crippen LogP contribution in [-0.2, 0) is 0 Å². The van der Waals surface area contributed by atoms with E-state index in [4.69, 9.17) is 0 Å². The summed E-state index contributed by atoms with van der Waals surface area (Å²) >= 11 is 0. The summed E-state index contributed by atoms with van der Waals surface area (Å²) in [5.41, 5.74) is 2.62. The smallest absolute Gasteiger partial charge is 0.0938 e. The van der Waals surface area contributed by atoms with Crippen LogP contribution in [0.15, 0.2) is 21.9 Å². The van der Waals surface area contributed by atoms with Crippen molar-refractivity contribution in [2.24, 2.45) is 10.2 Å². The lowest BCUT2D eigenvalue weighted by molar-refractivity contribution is 0.136. The molecule has 1 rings (SSSR count). The van der Waals surface area contributed by atoms with Crippen LogP contribution in [-0.4, -0.2) is 61.3 Å². The van der Waals surface area contributed by atoms with Gasteiger partial charge in [-0.05, 0) is 26.2 Å². The molecule has 0 amide bonds. The first-order valence-electron chi connectivity index (χ1n) is 8.14. The second-order valence-electron chi connectivity index (χ2n) is 5.64.